The number of aromatic nitrogens is 5. The van der Waals surface area contributed by atoms with Crippen molar-refractivity contribution >= 4 is 11.6 Å². The third kappa shape index (κ3) is 3.43. The van der Waals surface area contributed by atoms with E-state index in [0.29, 0.717) is 16.9 Å². The molecule has 134 valence electrons. The molecule has 0 aliphatic carbocycles. The van der Waals surface area contributed by atoms with E-state index in [2.05, 4.69) is 25.8 Å². The van der Waals surface area contributed by atoms with Gasteiger partial charge < -0.3 is 9.84 Å². The van der Waals surface area contributed by atoms with Crippen LogP contribution in [-0.2, 0) is 0 Å². The summed E-state index contributed by atoms with van der Waals surface area (Å²) in [6.45, 7) is 1.75. The Labute approximate surface area is 152 Å². The van der Waals surface area contributed by atoms with Gasteiger partial charge in [0.15, 0.2) is 5.69 Å². The number of rotatable bonds is 4. The Morgan fingerprint density at radius 1 is 1.19 bits per heavy atom. The second kappa shape index (κ2) is 6.79. The Kier molecular flexibility index (Phi) is 4.17. The van der Waals surface area contributed by atoms with Crippen molar-refractivity contribution in [2.75, 3.05) is 5.32 Å². The molecule has 0 saturated heterocycles. The van der Waals surface area contributed by atoms with Crippen LogP contribution in [0.5, 0.6) is 0 Å². The molecule has 8 nitrogen and oxygen atoms in total. The highest BCUT2D eigenvalue weighted by molar-refractivity contribution is 6.01. The van der Waals surface area contributed by atoms with E-state index in [1.165, 1.54) is 12.1 Å². The van der Waals surface area contributed by atoms with Crippen LogP contribution in [0, 0.1) is 12.7 Å². The Hall–Kier alpha value is -3.88. The van der Waals surface area contributed by atoms with Crippen LogP contribution in [0.15, 0.2) is 59.3 Å². The normalized spacial score (nSPS) is 10.7. The summed E-state index contributed by atoms with van der Waals surface area (Å²) in [5.74, 6) is -1.24. The Morgan fingerprint density at radius 2 is 2.00 bits per heavy atom. The number of nitrogens with one attached hydrogen (secondary N) is 1. The highest BCUT2D eigenvalue weighted by atomic mass is 19.1. The van der Waals surface area contributed by atoms with Crippen LogP contribution in [-0.4, -0.2) is 31.0 Å². The van der Waals surface area contributed by atoms with Crippen molar-refractivity contribution in [3.05, 3.63) is 72.0 Å². The lowest BCUT2D eigenvalue weighted by molar-refractivity contribution is 0.0981. The molecule has 1 N–H and O–H groups in total. The lowest BCUT2D eigenvalue weighted by Crippen LogP contribution is -2.13. The monoisotopic (exact) mass is 364 g/mol. The fourth-order valence-electron chi connectivity index (χ4n) is 2.40. The van der Waals surface area contributed by atoms with E-state index >= 15 is 0 Å². The van der Waals surface area contributed by atoms with Gasteiger partial charge in [0.05, 0.1) is 11.9 Å². The number of amides is 1. The minimum absolute atomic E-state index is 0.123. The number of hydrogen-bond acceptors (Lipinski definition) is 6. The van der Waals surface area contributed by atoms with Crippen LogP contribution in [0.2, 0.25) is 0 Å². The zero-order valence-electron chi connectivity index (χ0n) is 14.1. The molecule has 2 aromatic carbocycles. The standard InChI is InChI=1S/C18H13FN6O2/c1-11-7-8-12(19)9-14(11)20-17(26)18-21-16(23-27-18)15-10-25(24-22-15)13-5-3-2-4-6-13/h2-10H,1H3,(H,20,26). The predicted octanol–water partition coefficient (Wildman–Crippen LogP) is 3.02. The third-order valence-electron chi connectivity index (χ3n) is 3.81. The molecule has 9 heteroatoms. The number of carbonyl (C=O) groups excluding carboxylic acids is 1. The van der Waals surface area contributed by atoms with Crippen molar-refractivity contribution in [2.24, 2.45) is 0 Å². The first kappa shape index (κ1) is 16.6. The molecule has 1 amide bonds. The molecule has 0 fully saturated rings. The SMILES string of the molecule is Cc1ccc(F)cc1NC(=O)c1nc(-c2cn(-c3ccccc3)nn2)no1. The minimum atomic E-state index is -0.641. The van der Waals surface area contributed by atoms with Crippen LogP contribution in [0.3, 0.4) is 0 Å². The average molecular weight is 364 g/mol. The zero-order valence-corrected chi connectivity index (χ0v) is 14.1. The zero-order chi connectivity index (χ0) is 18.8. The number of benzene rings is 2. The summed E-state index contributed by atoms with van der Waals surface area (Å²) in [6.07, 6.45) is 1.62. The van der Waals surface area contributed by atoms with Crippen LogP contribution in [0.25, 0.3) is 17.2 Å². The number of anilines is 1. The largest absolute Gasteiger partial charge is 0.328 e. The molecule has 27 heavy (non-hydrogen) atoms. The number of para-hydroxylation sites is 1. The van der Waals surface area contributed by atoms with Crippen molar-refractivity contribution in [1.29, 1.82) is 0 Å². The maximum absolute atomic E-state index is 13.3. The van der Waals surface area contributed by atoms with Gasteiger partial charge in [-0.05, 0) is 36.8 Å². The maximum Gasteiger partial charge on any atom is 0.316 e. The van der Waals surface area contributed by atoms with E-state index in [-0.39, 0.29) is 11.7 Å². The van der Waals surface area contributed by atoms with Crippen LogP contribution >= 0.6 is 0 Å². The molecule has 0 unspecified atom stereocenters. The Bertz CT molecular complexity index is 1110. The minimum Gasteiger partial charge on any atom is -0.328 e. The number of aryl methyl sites for hydroxylation is 1. The van der Waals surface area contributed by atoms with E-state index in [1.54, 1.807) is 23.9 Å². The number of carbonyl (C=O) groups is 1. The summed E-state index contributed by atoms with van der Waals surface area (Å²) in [4.78, 5) is 16.3. The number of hydrogen-bond donors (Lipinski definition) is 1. The second-order valence-corrected chi connectivity index (χ2v) is 5.72. The lowest BCUT2D eigenvalue weighted by Gasteiger charge is -2.05. The van der Waals surface area contributed by atoms with E-state index in [9.17, 15) is 9.18 Å². The van der Waals surface area contributed by atoms with Crippen LogP contribution < -0.4 is 5.32 Å². The molecule has 2 heterocycles. The van der Waals surface area contributed by atoms with E-state index < -0.39 is 11.7 Å². The fourth-order valence-corrected chi connectivity index (χ4v) is 2.40. The summed E-state index contributed by atoms with van der Waals surface area (Å²) in [5.41, 5.74) is 2.20. The molecule has 0 aliphatic heterocycles. The van der Waals surface area contributed by atoms with Gasteiger partial charge in [-0.25, -0.2) is 9.07 Å². The smallest absolute Gasteiger partial charge is 0.316 e. The average Bonchev–Trinajstić information content (AvgIpc) is 3.35. The Morgan fingerprint density at radius 3 is 2.81 bits per heavy atom. The van der Waals surface area contributed by atoms with E-state index in [4.69, 9.17) is 4.52 Å². The molecule has 4 aromatic rings. The van der Waals surface area contributed by atoms with Crippen molar-refractivity contribution in [2.45, 2.75) is 6.92 Å². The Balaban J connectivity index is 1.54. The highest BCUT2D eigenvalue weighted by Gasteiger charge is 2.19. The molecule has 0 saturated carbocycles. The van der Waals surface area contributed by atoms with Crippen LogP contribution in [0.1, 0.15) is 16.2 Å². The second-order valence-electron chi connectivity index (χ2n) is 5.72. The third-order valence-corrected chi connectivity index (χ3v) is 3.81. The molecule has 4 rings (SSSR count). The summed E-state index contributed by atoms with van der Waals surface area (Å²) in [5, 5.41) is 14.3. The van der Waals surface area contributed by atoms with E-state index in [1.807, 2.05) is 30.3 Å². The van der Waals surface area contributed by atoms with Crippen LogP contribution in [0.4, 0.5) is 10.1 Å². The van der Waals surface area contributed by atoms with Gasteiger partial charge in [0.2, 0.25) is 5.82 Å². The first-order valence-corrected chi connectivity index (χ1v) is 7.99. The maximum atomic E-state index is 13.3. The number of halogens is 1. The van der Waals surface area contributed by atoms with Gasteiger partial charge in [-0.2, -0.15) is 4.98 Å². The summed E-state index contributed by atoms with van der Waals surface area (Å²) in [7, 11) is 0. The van der Waals surface area contributed by atoms with Gasteiger partial charge in [0.25, 0.3) is 0 Å². The highest BCUT2D eigenvalue weighted by Crippen LogP contribution is 2.18. The van der Waals surface area contributed by atoms with Crippen molar-refractivity contribution in [3.63, 3.8) is 0 Å². The molecule has 0 aliphatic rings. The van der Waals surface area contributed by atoms with E-state index in [0.717, 1.165) is 5.69 Å². The molecular weight excluding hydrogens is 351 g/mol. The molecular formula is C18H13FN6O2. The van der Waals surface area contributed by atoms with Gasteiger partial charge in [0.1, 0.15) is 5.82 Å². The van der Waals surface area contributed by atoms with Gasteiger partial charge in [-0.15, -0.1) is 5.10 Å². The number of nitrogens with zero attached hydrogens (tertiary/aromatic N) is 5. The van der Waals surface area contributed by atoms with Gasteiger partial charge in [0, 0.05) is 5.69 Å². The molecule has 0 atom stereocenters. The quantitative estimate of drug-likeness (QED) is 0.598. The summed E-state index contributed by atoms with van der Waals surface area (Å²) in [6, 6.07) is 13.5. The molecule has 0 radical (unpaired) electrons. The van der Waals surface area contributed by atoms with Gasteiger partial charge in [-0.1, -0.05) is 34.6 Å². The summed E-state index contributed by atoms with van der Waals surface area (Å²) < 4.78 is 19.9. The van der Waals surface area contributed by atoms with Crippen molar-refractivity contribution < 1.29 is 13.7 Å². The van der Waals surface area contributed by atoms with Gasteiger partial charge >= 0.3 is 11.8 Å². The summed E-state index contributed by atoms with van der Waals surface area (Å²) >= 11 is 0. The molecule has 0 bridgehead atoms. The topological polar surface area (TPSA) is 98.7 Å². The first-order valence-electron chi connectivity index (χ1n) is 7.99. The molecule has 0 spiro atoms. The predicted molar refractivity (Wildman–Crippen MR) is 93.7 cm³/mol. The first-order chi connectivity index (χ1) is 13.1. The lowest BCUT2D eigenvalue weighted by atomic mass is 10.2. The van der Waals surface area contributed by atoms with Crippen molar-refractivity contribution in [3.8, 4) is 17.2 Å². The van der Waals surface area contributed by atoms with Crippen molar-refractivity contribution in [1.82, 2.24) is 25.1 Å². The molecule has 2 aromatic heterocycles. The fraction of sp³-hybridized carbons (Fsp3) is 0.0556. The van der Waals surface area contributed by atoms with Gasteiger partial charge in [-0.3, -0.25) is 4.79 Å².